The first-order valence-electron chi connectivity index (χ1n) is 8.16. The molecular formula is C20H21NO. The summed E-state index contributed by atoms with van der Waals surface area (Å²) in [6.07, 6.45) is 2.98. The van der Waals surface area contributed by atoms with Gasteiger partial charge in [-0.15, -0.1) is 0 Å². The lowest BCUT2D eigenvalue weighted by molar-refractivity contribution is 0.116. The zero-order chi connectivity index (χ0) is 14.9. The van der Waals surface area contributed by atoms with Crippen LogP contribution in [0.25, 0.3) is 21.5 Å². The van der Waals surface area contributed by atoms with Gasteiger partial charge in [-0.05, 0) is 52.6 Å². The molecule has 1 fully saturated rings. The molecule has 2 N–H and O–H groups in total. The van der Waals surface area contributed by atoms with E-state index in [-0.39, 0.29) is 6.04 Å². The van der Waals surface area contributed by atoms with Crippen LogP contribution in [-0.2, 0) is 0 Å². The second-order valence-electron chi connectivity index (χ2n) is 6.23. The van der Waals surface area contributed by atoms with E-state index in [4.69, 9.17) is 0 Å². The van der Waals surface area contributed by atoms with E-state index < -0.39 is 6.10 Å². The number of benzene rings is 3. The van der Waals surface area contributed by atoms with E-state index >= 15 is 0 Å². The van der Waals surface area contributed by atoms with Gasteiger partial charge >= 0.3 is 0 Å². The summed E-state index contributed by atoms with van der Waals surface area (Å²) < 4.78 is 0. The Hall–Kier alpha value is -1.90. The molecule has 0 amide bonds. The molecule has 0 saturated carbocycles. The van der Waals surface area contributed by atoms with E-state index in [1.807, 2.05) is 0 Å². The van der Waals surface area contributed by atoms with E-state index in [1.54, 1.807) is 0 Å². The standard InChI is InChI=1S/C20H21NO/c22-20(18-11-5-6-12-21-18)19-16-9-3-1-7-14(16)13-15-8-2-4-10-17(15)19/h1-4,7-10,13,18,20-22H,5-6,11-12H2. The molecule has 1 aliphatic heterocycles. The van der Waals surface area contributed by atoms with Crippen molar-refractivity contribution in [1.82, 2.24) is 5.32 Å². The third-order valence-corrected chi connectivity index (χ3v) is 4.84. The molecule has 22 heavy (non-hydrogen) atoms. The highest BCUT2D eigenvalue weighted by Crippen LogP contribution is 2.35. The number of hydrogen-bond acceptors (Lipinski definition) is 2. The molecule has 112 valence electrons. The lowest BCUT2D eigenvalue weighted by Gasteiger charge is -2.29. The minimum atomic E-state index is -0.462. The smallest absolute Gasteiger partial charge is 0.0954 e. The highest BCUT2D eigenvalue weighted by Gasteiger charge is 2.25. The van der Waals surface area contributed by atoms with Gasteiger partial charge in [0.1, 0.15) is 0 Å². The van der Waals surface area contributed by atoms with Gasteiger partial charge in [0.15, 0.2) is 0 Å². The van der Waals surface area contributed by atoms with Crippen LogP contribution in [-0.4, -0.2) is 17.7 Å². The van der Waals surface area contributed by atoms with Gasteiger partial charge < -0.3 is 10.4 Å². The largest absolute Gasteiger partial charge is 0.387 e. The van der Waals surface area contributed by atoms with Crippen LogP contribution in [0.15, 0.2) is 54.6 Å². The fraction of sp³-hybridized carbons (Fsp3) is 0.300. The Balaban J connectivity index is 1.95. The molecule has 2 unspecified atom stereocenters. The lowest BCUT2D eigenvalue weighted by Crippen LogP contribution is -2.38. The lowest BCUT2D eigenvalue weighted by atomic mass is 9.88. The number of piperidine rings is 1. The normalized spacial score (nSPS) is 20.3. The van der Waals surface area contributed by atoms with Gasteiger partial charge in [-0.1, -0.05) is 55.0 Å². The fourth-order valence-corrected chi connectivity index (χ4v) is 3.72. The molecule has 0 radical (unpaired) electrons. The summed E-state index contributed by atoms with van der Waals surface area (Å²) in [5.74, 6) is 0. The first-order chi connectivity index (χ1) is 10.8. The van der Waals surface area contributed by atoms with Crippen LogP contribution < -0.4 is 5.32 Å². The minimum Gasteiger partial charge on any atom is -0.387 e. The van der Waals surface area contributed by atoms with E-state index in [0.717, 1.165) is 18.5 Å². The Morgan fingerprint density at radius 1 is 0.909 bits per heavy atom. The van der Waals surface area contributed by atoms with Crippen LogP contribution in [0.5, 0.6) is 0 Å². The molecule has 2 nitrogen and oxygen atoms in total. The summed E-state index contributed by atoms with van der Waals surface area (Å²) in [5.41, 5.74) is 1.08. The molecule has 0 aliphatic carbocycles. The molecule has 2 heteroatoms. The van der Waals surface area contributed by atoms with Crippen molar-refractivity contribution in [2.75, 3.05) is 6.54 Å². The zero-order valence-electron chi connectivity index (χ0n) is 12.6. The van der Waals surface area contributed by atoms with E-state index in [1.165, 1.54) is 34.4 Å². The summed E-state index contributed by atoms with van der Waals surface area (Å²) in [6, 6.07) is 19.1. The molecule has 0 aromatic heterocycles. The van der Waals surface area contributed by atoms with Crippen LogP contribution in [0, 0.1) is 0 Å². The SMILES string of the molecule is OC(c1c2ccccc2cc2ccccc12)C1CCCCN1. The van der Waals surface area contributed by atoms with Crippen molar-refractivity contribution in [2.45, 2.75) is 31.4 Å². The first kappa shape index (κ1) is 13.7. The molecule has 1 saturated heterocycles. The Labute approximate surface area is 130 Å². The van der Waals surface area contributed by atoms with Crippen molar-refractivity contribution in [2.24, 2.45) is 0 Å². The number of nitrogens with one attached hydrogen (secondary N) is 1. The average molecular weight is 291 g/mol. The maximum Gasteiger partial charge on any atom is 0.0954 e. The molecule has 3 aromatic rings. The second kappa shape index (κ2) is 5.71. The highest BCUT2D eigenvalue weighted by atomic mass is 16.3. The van der Waals surface area contributed by atoms with Crippen LogP contribution in [0.4, 0.5) is 0 Å². The van der Waals surface area contributed by atoms with Crippen molar-refractivity contribution in [3.63, 3.8) is 0 Å². The van der Waals surface area contributed by atoms with Gasteiger partial charge in [0.25, 0.3) is 0 Å². The zero-order valence-corrected chi connectivity index (χ0v) is 12.6. The topological polar surface area (TPSA) is 32.3 Å². The van der Waals surface area contributed by atoms with Crippen LogP contribution in [0.2, 0.25) is 0 Å². The third kappa shape index (κ3) is 2.29. The quantitative estimate of drug-likeness (QED) is 0.695. The molecule has 2 atom stereocenters. The van der Waals surface area contributed by atoms with Crippen molar-refractivity contribution in [3.8, 4) is 0 Å². The van der Waals surface area contributed by atoms with Gasteiger partial charge in [0, 0.05) is 6.04 Å². The maximum atomic E-state index is 11.1. The third-order valence-electron chi connectivity index (χ3n) is 4.84. The van der Waals surface area contributed by atoms with Gasteiger partial charge in [0.05, 0.1) is 6.10 Å². The molecule has 1 aliphatic rings. The Bertz CT molecular complexity index is 751. The van der Waals surface area contributed by atoms with Crippen molar-refractivity contribution < 1.29 is 5.11 Å². The van der Waals surface area contributed by atoms with Gasteiger partial charge in [-0.2, -0.15) is 0 Å². The summed E-state index contributed by atoms with van der Waals surface area (Å²) >= 11 is 0. The summed E-state index contributed by atoms with van der Waals surface area (Å²) in [6.45, 7) is 1.00. The number of aliphatic hydroxyl groups is 1. The molecular weight excluding hydrogens is 270 g/mol. The molecule has 4 rings (SSSR count). The first-order valence-corrected chi connectivity index (χ1v) is 8.16. The predicted octanol–water partition coefficient (Wildman–Crippen LogP) is 4.17. The Morgan fingerprint density at radius 2 is 1.55 bits per heavy atom. The van der Waals surface area contributed by atoms with Crippen LogP contribution in [0.3, 0.4) is 0 Å². The highest BCUT2D eigenvalue weighted by molar-refractivity contribution is 6.02. The second-order valence-corrected chi connectivity index (χ2v) is 6.23. The van der Waals surface area contributed by atoms with E-state index in [0.29, 0.717) is 0 Å². The Kier molecular flexibility index (Phi) is 3.57. The monoisotopic (exact) mass is 291 g/mol. The predicted molar refractivity (Wildman–Crippen MR) is 92.1 cm³/mol. The van der Waals surface area contributed by atoms with Crippen molar-refractivity contribution in [3.05, 3.63) is 60.2 Å². The summed E-state index contributed by atoms with van der Waals surface area (Å²) in [7, 11) is 0. The minimum absolute atomic E-state index is 0.156. The van der Waals surface area contributed by atoms with Crippen molar-refractivity contribution in [1.29, 1.82) is 0 Å². The summed E-state index contributed by atoms with van der Waals surface area (Å²) in [4.78, 5) is 0. The number of hydrogen-bond donors (Lipinski definition) is 2. The number of aliphatic hydroxyl groups excluding tert-OH is 1. The summed E-state index contributed by atoms with van der Waals surface area (Å²) in [5, 5.41) is 19.3. The van der Waals surface area contributed by atoms with Crippen molar-refractivity contribution >= 4 is 21.5 Å². The molecule has 1 heterocycles. The van der Waals surface area contributed by atoms with Gasteiger partial charge in [-0.25, -0.2) is 0 Å². The van der Waals surface area contributed by atoms with Crippen LogP contribution in [0.1, 0.15) is 30.9 Å². The van der Waals surface area contributed by atoms with E-state index in [2.05, 4.69) is 59.9 Å². The number of fused-ring (bicyclic) bond motifs is 2. The number of rotatable bonds is 2. The van der Waals surface area contributed by atoms with Gasteiger partial charge in [-0.3, -0.25) is 0 Å². The average Bonchev–Trinajstić information content (AvgIpc) is 2.60. The molecule has 3 aromatic carbocycles. The van der Waals surface area contributed by atoms with Crippen LogP contribution >= 0.6 is 0 Å². The fourth-order valence-electron chi connectivity index (χ4n) is 3.72. The molecule has 0 spiro atoms. The van der Waals surface area contributed by atoms with Gasteiger partial charge in [0.2, 0.25) is 0 Å². The molecule has 0 bridgehead atoms. The van der Waals surface area contributed by atoms with E-state index in [9.17, 15) is 5.11 Å². The Morgan fingerprint density at radius 3 is 2.14 bits per heavy atom. The maximum absolute atomic E-state index is 11.1.